The number of carboxylic acids is 1. The molecule has 6 heteroatoms. The Kier molecular flexibility index (Phi) is 4.43. The van der Waals surface area contributed by atoms with Gasteiger partial charge in [-0.3, -0.25) is 9.59 Å². The second-order valence-corrected chi connectivity index (χ2v) is 6.66. The third-order valence-corrected chi connectivity index (χ3v) is 5.09. The summed E-state index contributed by atoms with van der Waals surface area (Å²) in [5.74, 6) is -1.18. The summed E-state index contributed by atoms with van der Waals surface area (Å²) in [5, 5.41) is 14.3. The Morgan fingerprint density at radius 1 is 1.35 bits per heavy atom. The summed E-state index contributed by atoms with van der Waals surface area (Å²) in [6, 6.07) is 3.21. The zero-order valence-electron chi connectivity index (χ0n) is 12.8. The first-order valence-electron chi connectivity index (χ1n) is 7.59. The molecule has 0 saturated heterocycles. The molecule has 0 spiro atoms. The highest BCUT2D eigenvalue weighted by Crippen LogP contribution is 2.29. The minimum Gasteiger partial charge on any atom is -0.481 e. The number of thiazole rings is 1. The molecule has 1 aromatic heterocycles. The van der Waals surface area contributed by atoms with Crippen LogP contribution in [0.25, 0.3) is 0 Å². The highest BCUT2D eigenvalue weighted by Gasteiger charge is 2.25. The molecule has 0 radical (unpaired) electrons. The molecule has 1 heterocycles. The molecule has 120 valence electrons. The van der Waals surface area contributed by atoms with Crippen molar-refractivity contribution >= 4 is 23.2 Å². The summed E-state index contributed by atoms with van der Waals surface area (Å²) in [6.07, 6.45) is 4.41. The van der Waals surface area contributed by atoms with Crippen LogP contribution in [0, 0.1) is 6.92 Å². The number of nitrogens with one attached hydrogen (secondary N) is 1. The molecule has 0 aliphatic heterocycles. The normalized spacial score (nSPS) is 14.3. The van der Waals surface area contributed by atoms with Crippen molar-refractivity contribution in [1.29, 1.82) is 0 Å². The first-order chi connectivity index (χ1) is 11.1. The Hall–Kier alpha value is -2.21. The second-order valence-electron chi connectivity index (χ2n) is 5.73. The van der Waals surface area contributed by atoms with Crippen molar-refractivity contribution < 1.29 is 14.7 Å². The molecule has 1 aliphatic rings. The number of hydrogen-bond acceptors (Lipinski definition) is 4. The molecule has 1 aromatic carbocycles. The van der Waals surface area contributed by atoms with Gasteiger partial charge in [0, 0.05) is 17.1 Å². The molecule has 23 heavy (non-hydrogen) atoms. The fraction of sp³-hybridized carbons (Fsp3) is 0.353. The number of nitrogens with zero attached hydrogens (tertiary/aromatic N) is 1. The lowest BCUT2D eigenvalue weighted by molar-refractivity contribution is -0.137. The van der Waals surface area contributed by atoms with Crippen LogP contribution in [0.1, 0.15) is 50.9 Å². The number of amides is 1. The van der Waals surface area contributed by atoms with E-state index in [0.717, 1.165) is 24.8 Å². The number of hydrogen-bond donors (Lipinski definition) is 2. The topological polar surface area (TPSA) is 79.3 Å². The van der Waals surface area contributed by atoms with E-state index < -0.39 is 12.0 Å². The van der Waals surface area contributed by atoms with Crippen LogP contribution in [-0.2, 0) is 17.6 Å². The van der Waals surface area contributed by atoms with Gasteiger partial charge in [0.25, 0.3) is 5.91 Å². The van der Waals surface area contributed by atoms with Gasteiger partial charge in [0.15, 0.2) is 0 Å². The number of carbonyl (C=O) groups is 2. The van der Waals surface area contributed by atoms with Gasteiger partial charge in [-0.1, -0.05) is 6.07 Å². The summed E-state index contributed by atoms with van der Waals surface area (Å²) >= 11 is 1.35. The van der Waals surface area contributed by atoms with Crippen molar-refractivity contribution in [3.63, 3.8) is 0 Å². The number of fused-ring (bicyclic) bond motifs is 1. The molecule has 0 saturated carbocycles. The van der Waals surface area contributed by atoms with Crippen molar-refractivity contribution in [1.82, 2.24) is 10.3 Å². The Morgan fingerprint density at radius 3 is 2.83 bits per heavy atom. The largest absolute Gasteiger partial charge is 0.481 e. The number of rotatable bonds is 5. The molecule has 0 bridgehead atoms. The van der Waals surface area contributed by atoms with Crippen molar-refractivity contribution in [3.05, 3.63) is 51.0 Å². The molecule has 2 N–H and O–H groups in total. The number of benzene rings is 1. The second kappa shape index (κ2) is 6.50. The predicted octanol–water partition coefficient (Wildman–Crippen LogP) is 2.89. The lowest BCUT2D eigenvalue weighted by Gasteiger charge is -2.17. The van der Waals surface area contributed by atoms with Gasteiger partial charge < -0.3 is 10.4 Å². The number of aryl methyl sites for hydroxylation is 1. The lowest BCUT2D eigenvalue weighted by Crippen LogP contribution is -2.31. The van der Waals surface area contributed by atoms with Crippen molar-refractivity contribution in [2.24, 2.45) is 0 Å². The monoisotopic (exact) mass is 330 g/mol. The average Bonchev–Trinajstić information content (AvgIpc) is 3.18. The molecule has 0 fully saturated rings. The van der Waals surface area contributed by atoms with Gasteiger partial charge in [-0.2, -0.15) is 0 Å². The van der Waals surface area contributed by atoms with E-state index in [1.807, 2.05) is 12.1 Å². The number of aromatic nitrogens is 1. The van der Waals surface area contributed by atoms with Gasteiger partial charge in [0.05, 0.1) is 12.5 Å². The fourth-order valence-electron chi connectivity index (χ4n) is 3.12. The summed E-state index contributed by atoms with van der Waals surface area (Å²) in [6.45, 7) is 2.06. The van der Waals surface area contributed by atoms with Gasteiger partial charge in [-0.15, -0.1) is 11.3 Å². The molecule has 1 amide bonds. The van der Waals surface area contributed by atoms with Crippen LogP contribution in [0.2, 0.25) is 0 Å². The van der Waals surface area contributed by atoms with E-state index >= 15 is 0 Å². The molecular formula is C17H18N2O3S. The average molecular weight is 330 g/mol. The lowest BCUT2D eigenvalue weighted by atomic mass is 9.98. The van der Waals surface area contributed by atoms with E-state index in [1.54, 1.807) is 11.6 Å². The molecule has 2 aromatic rings. The van der Waals surface area contributed by atoms with Crippen molar-refractivity contribution in [2.45, 2.75) is 38.6 Å². The van der Waals surface area contributed by atoms with E-state index in [1.165, 1.54) is 22.5 Å². The minimum absolute atomic E-state index is 0.173. The van der Waals surface area contributed by atoms with Crippen molar-refractivity contribution in [3.8, 4) is 0 Å². The van der Waals surface area contributed by atoms with Gasteiger partial charge in [0.1, 0.15) is 5.01 Å². The quantitative estimate of drug-likeness (QED) is 0.883. The first-order valence-corrected chi connectivity index (χ1v) is 8.47. The van der Waals surface area contributed by atoms with Gasteiger partial charge >= 0.3 is 5.97 Å². The van der Waals surface area contributed by atoms with Gasteiger partial charge in [-0.05, 0) is 48.9 Å². The molecule has 1 aliphatic carbocycles. The maximum absolute atomic E-state index is 12.7. The maximum atomic E-state index is 12.7. The summed E-state index contributed by atoms with van der Waals surface area (Å²) in [5.41, 5.74) is 4.25. The molecule has 5 nitrogen and oxygen atoms in total. The van der Waals surface area contributed by atoms with E-state index in [9.17, 15) is 9.59 Å². The van der Waals surface area contributed by atoms with Crippen LogP contribution in [0.3, 0.4) is 0 Å². The van der Waals surface area contributed by atoms with Gasteiger partial charge in [0.2, 0.25) is 0 Å². The SMILES string of the molecule is Cc1ccc(C(=O)NC(CC(=O)O)c2nccs2)c2c1CCC2. The van der Waals surface area contributed by atoms with E-state index in [4.69, 9.17) is 5.11 Å². The number of carboxylic acid groups (broad SMARTS) is 1. The summed E-state index contributed by atoms with van der Waals surface area (Å²) < 4.78 is 0. The summed E-state index contributed by atoms with van der Waals surface area (Å²) in [4.78, 5) is 27.9. The Labute approximate surface area is 138 Å². The van der Waals surface area contributed by atoms with E-state index in [2.05, 4.69) is 17.2 Å². The standard InChI is InChI=1S/C17H18N2O3S/c1-10-5-6-13(12-4-2-3-11(10)12)16(22)19-14(9-15(20)21)17-18-7-8-23-17/h5-8,14H,2-4,9H2,1H3,(H,19,22)(H,20,21). The van der Waals surface area contributed by atoms with E-state index in [0.29, 0.717) is 10.6 Å². The molecule has 3 rings (SSSR count). The number of carbonyl (C=O) groups excluding carboxylic acids is 1. The predicted molar refractivity (Wildman–Crippen MR) is 87.8 cm³/mol. The smallest absolute Gasteiger partial charge is 0.305 e. The first kappa shape index (κ1) is 15.7. The Balaban J connectivity index is 1.85. The molecule has 1 unspecified atom stereocenters. The van der Waals surface area contributed by atoms with Crippen LogP contribution >= 0.6 is 11.3 Å². The summed E-state index contributed by atoms with van der Waals surface area (Å²) in [7, 11) is 0. The third-order valence-electron chi connectivity index (χ3n) is 4.20. The fourth-order valence-corrected chi connectivity index (χ4v) is 3.81. The molecule has 1 atom stereocenters. The van der Waals surface area contributed by atoms with Crippen LogP contribution in [0.5, 0.6) is 0 Å². The third kappa shape index (κ3) is 3.27. The minimum atomic E-state index is -0.959. The highest BCUT2D eigenvalue weighted by molar-refractivity contribution is 7.09. The van der Waals surface area contributed by atoms with E-state index in [-0.39, 0.29) is 12.3 Å². The maximum Gasteiger partial charge on any atom is 0.305 e. The Bertz CT molecular complexity index is 741. The van der Waals surface area contributed by atoms with Crippen LogP contribution in [-0.4, -0.2) is 22.0 Å². The molecular weight excluding hydrogens is 312 g/mol. The van der Waals surface area contributed by atoms with Crippen molar-refractivity contribution in [2.75, 3.05) is 0 Å². The van der Waals surface area contributed by atoms with Crippen LogP contribution in [0.15, 0.2) is 23.7 Å². The zero-order valence-corrected chi connectivity index (χ0v) is 13.7. The van der Waals surface area contributed by atoms with Crippen LogP contribution in [0.4, 0.5) is 0 Å². The van der Waals surface area contributed by atoms with Crippen LogP contribution < -0.4 is 5.32 Å². The zero-order chi connectivity index (χ0) is 16.4. The van der Waals surface area contributed by atoms with Gasteiger partial charge in [-0.25, -0.2) is 4.98 Å². The highest BCUT2D eigenvalue weighted by atomic mass is 32.1. The number of aliphatic carboxylic acids is 1. The Morgan fingerprint density at radius 2 is 2.13 bits per heavy atom.